The zero-order chi connectivity index (χ0) is 9.84. The van der Waals surface area contributed by atoms with E-state index < -0.39 is 0 Å². The summed E-state index contributed by atoms with van der Waals surface area (Å²) in [5.74, 6) is -0.0273. The van der Waals surface area contributed by atoms with Gasteiger partial charge in [0.05, 0.1) is 0 Å². The first-order valence-electron chi connectivity index (χ1n) is 4.81. The fourth-order valence-electron chi connectivity index (χ4n) is 1.57. The highest BCUT2D eigenvalue weighted by molar-refractivity contribution is 5.92. The van der Waals surface area contributed by atoms with Crippen LogP contribution in [0.3, 0.4) is 0 Å². The number of carbonyl (C=O) groups is 1. The first kappa shape index (κ1) is 10.3. The summed E-state index contributed by atoms with van der Waals surface area (Å²) in [5.41, 5.74) is 6.34. The van der Waals surface area contributed by atoms with Gasteiger partial charge in [0.25, 0.3) is 0 Å². The molecule has 0 saturated heterocycles. The highest BCUT2D eigenvalue weighted by atomic mass is 16.1. The van der Waals surface area contributed by atoms with Gasteiger partial charge in [0.15, 0.2) is 0 Å². The van der Waals surface area contributed by atoms with E-state index in [1.165, 1.54) is 0 Å². The van der Waals surface area contributed by atoms with Crippen LogP contribution in [-0.4, -0.2) is 18.0 Å². The Balaban J connectivity index is 2.30. The smallest absolute Gasteiger partial charge is 0.246 e. The Bertz CT molecular complexity index is 205. The van der Waals surface area contributed by atoms with E-state index in [2.05, 4.69) is 11.9 Å². The average molecular weight is 182 g/mol. The van der Waals surface area contributed by atoms with Gasteiger partial charge in [-0.05, 0) is 32.6 Å². The molecule has 0 aliphatic heterocycles. The van der Waals surface area contributed by atoms with Gasteiger partial charge in [0.1, 0.15) is 0 Å². The second kappa shape index (κ2) is 4.42. The third kappa shape index (κ3) is 3.19. The Morgan fingerprint density at radius 2 is 1.92 bits per heavy atom. The monoisotopic (exact) mass is 182 g/mol. The highest BCUT2D eigenvalue weighted by Crippen LogP contribution is 2.16. The zero-order valence-electron chi connectivity index (χ0n) is 8.18. The second-order valence-corrected chi connectivity index (χ2v) is 3.87. The van der Waals surface area contributed by atoms with Gasteiger partial charge >= 0.3 is 0 Å². The molecule has 0 bridgehead atoms. The highest BCUT2D eigenvalue weighted by Gasteiger charge is 2.19. The first-order valence-corrected chi connectivity index (χ1v) is 4.81. The van der Waals surface area contributed by atoms with Crippen molar-refractivity contribution in [3.05, 3.63) is 12.2 Å². The fraction of sp³-hybridized carbons (Fsp3) is 0.700. The minimum Gasteiger partial charge on any atom is -0.350 e. The van der Waals surface area contributed by atoms with E-state index in [9.17, 15) is 4.79 Å². The third-order valence-corrected chi connectivity index (χ3v) is 2.49. The second-order valence-electron chi connectivity index (χ2n) is 3.87. The van der Waals surface area contributed by atoms with Crippen LogP contribution in [0.15, 0.2) is 12.2 Å². The van der Waals surface area contributed by atoms with Crippen LogP contribution in [0.5, 0.6) is 0 Å². The number of hydrogen-bond donors (Lipinski definition) is 2. The predicted molar refractivity (Wildman–Crippen MR) is 53.2 cm³/mol. The van der Waals surface area contributed by atoms with Gasteiger partial charge in [-0.15, -0.1) is 0 Å². The molecule has 3 heteroatoms. The van der Waals surface area contributed by atoms with Gasteiger partial charge in [0, 0.05) is 17.7 Å². The Hall–Kier alpha value is -0.830. The molecule has 0 radical (unpaired) electrons. The van der Waals surface area contributed by atoms with Gasteiger partial charge in [-0.1, -0.05) is 6.58 Å². The van der Waals surface area contributed by atoms with Gasteiger partial charge in [-0.3, -0.25) is 4.79 Å². The molecule has 0 heterocycles. The number of nitrogens with two attached hydrogens (primary N) is 1. The molecule has 0 aromatic heterocycles. The summed E-state index contributed by atoms with van der Waals surface area (Å²) in [5, 5.41) is 2.94. The molecular formula is C10H18N2O. The molecule has 0 atom stereocenters. The lowest BCUT2D eigenvalue weighted by atomic mass is 9.92. The number of carbonyl (C=O) groups excluding carboxylic acids is 1. The molecule has 0 aromatic rings. The molecule has 1 amide bonds. The summed E-state index contributed by atoms with van der Waals surface area (Å²) >= 11 is 0. The Kier molecular flexibility index (Phi) is 3.48. The van der Waals surface area contributed by atoms with E-state index in [0.29, 0.717) is 17.7 Å². The molecule has 74 valence electrons. The zero-order valence-corrected chi connectivity index (χ0v) is 8.18. The fourth-order valence-corrected chi connectivity index (χ4v) is 1.57. The van der Waals surface area contributed by atoms with E-state index in [1.54, 1.807) is 6.92 Å². The SMILES string of the molecule is C=C(C)C(=O)NC1CCC(N)CC1. The Labute approximate surface area is 79.4 Å². The number of rotatable bonds is 2. The average Bonchev–Trinajstić information content (AvgIpc) is 2.08. The normalized spacial score (nSPS) is 28.2. The van der Waals surface area contributed by atoms with Crippen molar-refractivity contribution in [2.75, 3.05) is 0 Å². The van der Waals surface area contributed by atoms with Crippen LogP contribution in [0.2, 0.25) is 0 Å². The molecule has 1 aliphatic carbocycles. The standard InChI is InChI=1S/C10H18N2O/c1-7(2)10(13)12-9-5-3-8(11)4-6-9/h8-9H,1,3-6,11H2,2H3,(H,12,13). The van der Waals surface area contributed by atoms with Crippen molar-refractivity contribution in [3.63, 3.8) is 0 Å². The minimum absolute atomic E-state index is 0.0273. The van der Waals surface area contributed by atoms with Crippen LogP contribution >= 0.6 is 0 Å². The summed E-state index contributed by atoms with van der Waals surface area (Å²) in [7, 11) is 0. The maximum absolute atomic E-state index is 11.3. The van der Waals surface area contributed by atoms with Crippen LogP contribution in [-0.2, 0) is 4.79 Å². The number of hydrogen-bond acceptors (Lipinski definition) is 2. The molecule has 0 spiro atoms. The molecule has 1 aliphatic rings. The molecule has 3 N–H and O–H groups in total. The quantitative estimate of drug-likeness (QED) is 0.625. The summed E-state index contributed by atoms with van der Waals surface area (Å²) in [4.78, 5) is 11.3. The predicted octanol–water partition coefficient (Wildman–Crippen LogP) is 0.949. The lowest BCUT2D eigenvalue weighted by molar-refractivity contribution is -0.118. The largest absolute Gasteiger partial charge is 0.350 e. The van der Waals surface area contributed by atoms with E-state index in [0.717, 1.165) is 25.7 Å². The Morgan fingerprint density at radius 3 is 2.38 bits per heavy atom. The molecule has 3 nitrogen and oxygen atoms in total. The van der Waals surface area contributed by atoms with Crippen molar-refractivity contribution in [1.82, 2.24) is 5.32 Å². The molecule has 1 saturated carbocycles. The van der Waals surface area contributed by atoms with Crippen LogP contribution < -0.4 is 11.1 Å². The molecule has 13 heavy (non-hydrogen) atoms. The lowest BCUT2D eigenvalue weighted by Gasteiger charge is -2.26. The van der Waals surface area contributed by atoms with Crippen molar-refractivity contribution in [3.8, 4) is 0 Å². The maximum Gasteiger partial charge on any atom is 0.246 e. The van der Waals surface area contributed by atoms with E-state index in [4.69, 9.17) is 5.73 Å². The van der Waals surface area contributed by atoms with Crippen LogP contribution in [0.25, 0.3) is 0 Å². The van der Waals surface area contributed by atoms with Crippen LogP contribution in [0.1, 0.15) is 32.6 Å². The van der Waals surface area contributed by atoms with Crippen LogP contribution in [0, 0.1) is 0 Å². The van der Waals surface area contributed by atoms with Gasteiger partial charge < -0.3 is 11.1 Å². The van der Waals surface area contributed by atoms with E-state index in [-0.39, 0.29) is 5.91 Å². The van der Waals surface area contributed by atoms with E-state index >= 15 is 0 Å². The summed E-state index contributed by atoms with van der Waals surface area (Å²) in [6.07, 6.45) is 4.03. The lowest BCUT2D eigenvalue weighted by Crippen LogP contribution is -2.40. The molecule has 1 fully saturated rings. The third-order valence-electron chi connectivity index (χ3n) is 2.49. The molecule has 1 rings (SSSR count). The minimum atomic E-state index is -0.0273. The van der Waals surface area contributed by atoms with Crippen molar-refractivity contribution in [1.29, 1.82) is 0 Å². The van der Waals surface area contributed by atoms with Gasteiger partial charge in [0.2, 0.25) is 5.91 Å². The van der Waals surface area contributed by atoms with Gasteiger partial charge in [-0.25, -0.2) is 0 Å². The molecular weight excluding hydrogens is 164 g/mol. The van der Waals surface area contributed by atoms with Crippen molar-refractivity contribution in [2.45, 2.75) is 44.7 Å². The number of nitrogens with one attached hydrogen (secondary N) is 1. The summed E-state index contributed by atoms with van der Waals surface area (Å²) < 4.78 is 0. The number of amides is 1. The van der Waals surface area contributed by atoms with Crippen LogP contribution in [0.4, 0.5) is 0 Å². The summed E-state index contributed by atoms with van der Waals surface area (Å²) in [6.45, 7) is 5.32. The van der Waals surface area contributed by atoms with Crippen molar-refractivity contribution < 1.29 is 4.79 Å². The van der Waals surface area contributed by atoms with Gasteiger partial charge in [-0.2, -0.15) is 0 Å². The topological polar surface area (TPSA) is 55.1 Å². The molecule has 0 unspecified atom stereocenters. The first-order chi connectivity index (χ1) is 6.09. The summed E-state index contributed by atoms with van der Waals surface area (Å²) in [6, 6.07) is 0.641. The maximum atomic E-state index is 11.3. The van der Waals surface area contributed by atoms with E-state index in [1.807, 2.05) is 0 Å². The molecule has 0 aromatic carbocycles. The van der Waals surface area contributed by atoms with Crippen molar-refractivity contribution in [2.24, 2.45) is 5.73 Å². The van der Waals surface area contributed by atoms with Crippen molar-refractivity contribution >= 4 is 5.91 Å². The Morgan fingerprint density at radius 1 is 1.38 bits per heavy atom.